The lowest BCUT2D eigenvalue weighted by Crippen LogP contribution is -2.28. The van der Waals surface area contributed by atoms with E-state index in [0.29, 0.717) is 0 Å². The average Bonchev–Trinajstić information content (AvgIpc) is 3.29. The number of hydrogen-bond donors (Lipinski definition) is 0. The molecule has 0 saturated heterocycles. The second-order valence-corrected chi connectivity index (χ2v) is 9.25. The highest BCUT2D eigenvalue weighted by atomic mass is 32.1. The number of hydrogen-bond acceptors (Lipinski definition) is 2. The van der Waals surface area contributed by atoms with E-state index in [4.69, 9.17) is 4.99 Å². The molecule has 0 aliphatic heterocycles. The summed E-state index contributed by atoms with van der Waals surface area (Å²) in [6, 6.07) is 28.2. The summed E-state index contributed by atoms with van der Waals surface area (Å²) in [6.45, 7) is 10.3. The van der Waals surface area contributed by atoms with Crippen LogP contribution < -0.4 is 9.75 Å². The fraction of sp³-hybridized carbons (Fsp3) is 0.156. The Morgan fingerprint density at radius 2 is 1.71 bits per heavy atom. The van der Waals surface area contributed by atoms with E-state index < -0.39 is 0 Å². The summed E-state index contributed by atoms with van der Waals surface area (Å²) in [5.41, 5.74) is 5.98. The highest BCUT2D eigenvalue weighted by molar-refractivity contribution is 7.17. The number of allylic oxidation sites excluding steroid dienone is 2. The first-order valence-corrected chi connectivity index (χ1v) is 12.7. The van der Waals surface area contributed by atoms with Crippen LogP contribution in [-0.4, -0.2) is 5.71 Å². The Balaban J connectivity index is 0.00000133. The normalized spacial score (nSPS) is 15.5. The maximum Gasteiger partial charge on any atom is 0.0551 e. The predicted octanol–water partition coefficient (Wildman–Crippen LogP) is 7.75. The first kappa shape index (κ1) is 23.7. The average molecular weight is 462 g/mol. The van der Waals surface area contributed by atoms with Crippen LogP contribution in [-0.2, 0) is 0 Å². The molecule has 4 aromatic rings. The maximum atomic E-state index is 5.20. The van der Waals surface area contributed by atoms with E-state index in [1.807, 2.05) is 11.3 Å². The molecule has 0 spiro atoms. The molecule has 34 heavy (non-hydrogen) atoms. The molecule has 1 aliphatic carbocycles. The van der Waals surface area contributed by atoms with Crippen molar-refractivity contribution in [2.24, 2.45) is 10.9 Å². The SMILES string of the molecule is C/C=C(/CC)N=C(c1cccc(-c2ccccc2)c1)C1C=c2sc3ccccc3c2=CC1.C=C. The molecule has 0 fully saturated rings. The van der Waals surface area contributed by atoms with Crippen molar-refractivity contribution in [2.45, 2.75) is 26.7 Å². The van der Waals surface area contributed by atoms with Crippen LogP contribution in [0.15, 0.2) is 109 Å². The van der Waals surface area contributed by atoms with Crippen LogP contribution in [0, 0.1) is 5.92 Å². The zero-order valence-corrected chi connectivity index (χ0v) is 20.8. The van der Waals surface area contributed by atoms with E-state index in [2.05, 4.69) is 124 Å². The molecule has 170 valence electrons. The van der Waals surface area contributed by atoms with E-state index >= 15 is 0 Å². The molecular formula is C32H31NS. The minimum Gasteiger partial charge on any atom is -0.257 e. The second kappa shape index (κ2) is 11.1. The van der Waals surface area contributed by atoms with Crippen LogP contribution in [0.5, 0.6) is 0 Å². The molecule has 1 nitrogen and oxygen atoms in total. The summed E-state index contributed by atoms with van der Waals surface area (Å²) in [4.78, 5) is 5.20. The number of rotatable bonds is 5. The Hall–Kier alpha value is -3.49. The molecule has 3 aromatic carbocycles. The van der Waals surface area contributed by atoms with E-state index in [0.717, 1.165) is 24.3 Å². The molecule has 1 aromatic heterocycles. The van der Waals surface area contributed by atoms with E-state index in [1.54, 1.807) is 0 Å². The molecule has 1 atom stereocenters. The minimum absolute atomic E-state index is 0.267. The van der Waals surface area contributed by atoms with Crippen LogP contribution >= 0.6 is 11.3 Å². The van der Waals surface area contributed by atoms with Crippen LogP contribution in [0.25, 0.3) is 33.4 Å². The lowest BCUT2D eigenvalue weighted by molar-refractivity contribution is 0.934. The van der Waals surface area contributed by atoms with Crippen LogP contribution in [0.3, 0.4) is 0 Å². The van der Waals surface area contributed by atoms with Crippen molar-refractivity contribution in [3.05, 3.63) is 119 Å². The monoisotopic (exact) mass is 461 g/mol. The van der Waals surface area contributed by atoms with E-state index in [9.17, 15) is 0 Å². The van der Waals surface area contributed by atoms with Crippen LogP contribution in [0.1, 0.15) is 32.3 Å². The Morgan fingerprint density at radius 1 is 0.971 bits per heavy atom. The number of nitrogens with zero attached hydrogens (tertiary/aromatic N) is 1. The van der Waals surface area contributed by atoms with Gasteiger partial charge in [0.2, 0.25) is 0 Å². The molecule has 0 radical (unpaired) electrons. The smallest absolute Gasteiger partial charge is 0.0551 e. The number of aliphatic imine (C=N–C) groups is 1. The quantitative estimate of drug-likeness (QED) is 0.213. The first-order valence-electron chi connectivity index (χ1n) is 11.9. The highest BCUT2D eigenvalue weighted by Gasteiger charge is 2.19. The molecule has 1 heterocycles. The van der Waals surface area contributed by atoms with Gasteiger partial charge in [0.15, 0.2) is 0 Å². The van der Waals surface area contributed by atoms with Gasteiger partial charge in [-0.15, -0.1) is 24.5 Å². The van der Waals surface area contributed by atoms with E-state index in [1.165, 1.54) is 36.5 Å². The predicted molar refractivity (Wildman–Crippen MR) is 152 cm³/mol. The molecule has 0 saturated carbocycles. The maximum absolute atomic E-state index is 5.20. The summed E-state index contributed by atoms with van der Waals surface area (Å²) in [5.74, 6) is 0.267. The second-order valence-electron chi connectivity index (χ2n) is 8.17. The van der Waals surface area contributed by atoms with Crippen molar-refractivity contribution in [3.63, 3.8) is 0 Å². The topological polar surface area (TPSA) is 12.4 Å². The standard InChI is InChI=1S/C30H27NS.C2H4/c1-3-25(4-2)31-30(23-14-10-13-22(19-23)21-11-6-5-7-12-21)24-17-18-27-26-15-8-9-16-28(26)32-29(27)20-24;1-2/h3,5-16,18-20,24H,4,17H2,1-2H3;1-2H2/b25-3-,31-30?;. The molecule has 0 amide bonds. The minimum atomic E-state index is 0.267. The lowest BCUT2D eigenvalue weighted by atomic mass is 9.89. The third-order valence-electron chi connectivity index (χ3n) is 6.17. The molecule has 2 heteroatoms. The number of benzene rings is 3. The van der Waals surface area contributed by atoms with Crippen molar-refractivity contribution in [1.82, 2.24) is 0 Å². The number of fused-ring (bicyclic) bond motifs is 3. The van der Waals surface area contributed by atoms with Gasteiger partial charge in [0.05, 0.1) is 5.71 Å². The summed E-state index contributed by atoms with van der Waals surface area (Å²) < 4.78 is 2.73. The first-order chi connectivity index (χ1) is 16.8. The fourth-order valence-electron chi connectivity index (χ4n) is 4.46. The van der Waals surface area contributed by atoms with Gasteiger partial charge in [-0.25, -0.2) is 0 Å². The number of thiophene rings is 1. The van der Waals surface area contributed by atoms with Gasteiger partial charge in [-0.2, -0.15) is 0 Å². The van der Waals surface area contributed by atoms with Crippen molar-refractivity contribution in [2.75, 3.05) is 0 Å². The van der Waals surface area contributed by atoms with Gasteiger partial charge < -0.3 is 0 Å². The van der Waals surface area contributed by atoms with Crippen molar-refractivity contribution in [1.29, 1.82) is 0 Å². The van der Waals surface area contributed by atoms with Crippen LogP contribution in [0.2, 0.25) is 0 Å². The molecular weight excluding hydrogens is 430 g/mol. The van der Waals surface area contributed by atoms with Gasteiger partial charge in [-0.3, -0.25) is 4.99 Å². The molecule has 0 N–H and O–H groups in total. The summed E-state index contributed by atoms with van der Waals surface area (Å²) in [6.07, 6.45) is 8.90. The zero-order chi connectivity index (χ0) is 23.9. The Morgan fingerprint density at radius 3 is 2.47 bits per heavy atom. The fourth-order valence-corrected chi connectivity index (χ4v) is 5.66. The lowest BCUT2D eigenvalue weighted by Gasteiger charge is -2.18. The Kier molecular flexibility index (Phi) is 7.72. The third kappa shape index (κ3) is 4.88. The van der Waals surface area contributed by atoms with Crippen molar-refractivity contribution >= 4 is 39.3 Å². The zero-order valence-electron chi connectivity index (χ0n) is 20.0. The van der Waals surface area contributed by atoms with Gasteiger partial charge in [0.25, 0.3) is 0 Å². The van der Waals surface area contributed by atoms with Crippen LogP contribution in [0.4, 0.5) is 0 Å². The van der Waals surface area contributed by atoms with Gasteiger partial charge in [-0.1, -0.05) is 91.9 Å². The van der Waals surface area contributed by atoms with Gasteiger partial charge >= 0.3 is 0 Å². The summed E-state index contributed by atoms with van der Waals surface area (Å²) >= 11 is 1.89. The largest absolute Gasteiger partial charge is 0.257 e. The van der Waals surface area contributed by atoms with Crippen molar-refractivity contribution < 1.29 is 0 Å². The van der Waals surface area contributed by atoms with E-state index in [-0.39, 0.29) is 5.92 Å². The molecule has 1 unspecified atom stereocenters. The van der Waals surface area contributed by atoms with Gasteiger partial charge in [0, 0.05) is 20.8 Å². The highest BCUT2D eigenvalue weighted by Crippen LogP contribution is 2.26. The molecule has 5 rings (SSSR count). The Bertz CT molecular complexity index is 1450. The summed E-state index contributed by atoms with van der Waals surface area (Å²) in [5, 5.41) is 2.76. The molecule has 0 bridgehead atoms. The Labute approximate surface area is 206 Å². The molecule has 1 aliphatic rings. The van der Waals surface area contributed by atoms with Gasteiger partial charge in [-0.05, 0) is 59.2 Å². The van der Waals surface area contributed by atoms with Gasteiger partial charge in [0.1, 0.15) is 0 Å². The summed E-state index contributed by atoms with van der Waals surface area (Å²) in [7, 11) is 0. The third-order valence-corrected chi connectivity index (χ3v) is 7.32. The van der Waals surface area contributed by atoms with Crippen molar-refractivity contribution in [3.8, 4) is 11.1 Å².